The fourth-order valence-electron chi connectivity index (χ4n) is 0.945. The van der Waals surface area contributed by atoms with Crippen LogP contribution in [0.2, 0.25) is 0 Å². The van der Waals surface area contributed by atoms with E-state index in [1.165, 1.54) is 6.92 Å². The summed E-state index contributed by atoms with van der Waals surface area (Å²) >= 11 is 4.20. The van der Waals surface area contributed by atoms with Gasteiger partial charge in [-0.15, -0.1) is 0 Å². The van der Waals surface area contributed by atoms with Gasteiger partial charge in [0, 0.05) is 11.7 Å². The minimum Gasteiger partial charge on any atom is -0.480 e. The van der Waals surface area contributed by atoms with Crippen LogP contribution >= 0.6 is 12.6 Å². The Labute approximate surface area is 83.1 Å². The fourth-order valence-corrected chi connectivity index (χ4v) is 1.13. The van der Waals surface area contributed by atoms with Crippen LogP contribution in [0.5, 0.6) is 0 Å². The van der Waals surface area contributed by atoms with E-state index >= 15 is 0 Å². The molecular weight excluding hydrogens is 190 g/mol. The lowest BCUT2D eigenvalue weighted by Crippen LogP contribution is -2.42. The standard InChI is InChI=1S/C8H15NO3S/c1-5(10)9-6(7(11)12)4-8(2,3)13/h6,13H,4H2,1-3H3,(H,9,10)(H,11,12). The average molecular weight is 205 g/mol. The Morgan fingerprint density at radius 2 is 2.00 bits per heavy atom. The van der Waals surface area contributed by atoms with E-state index in [9.17, 15) is 9.59 Å². The lowest BCUT2D eigenvalue weighted by atomic mass is 10.0. The minimum absolute atomic E-state index is 0.297. The zero-order chi connectivity index (χ0) is 10.6. The first-order chi connectivity index (χ1) is 5.72. The Morgan fingerprint density at radius 3 is 2.23 bits per heavy atom. The van der Waals surface area contributed by atoms with Crippen molar-refractivity contribution in [3.8, 4) is 0 Å². The van der Waals surface area contributed by atoms with Gasteiger partial charge in [0.1, 0.15) is 6.04 Å². The average Bonchev–Trinajstić information content (AvgIpc) is 1.81. The SMILES string of the molecule is CC(=O)NC(CC(C)(C)S)C(=O)O. The van der Waals surface area contributed by atoms with Gasteiger partial charge in [-0.2, -0.15) is 12.6 Å². The van der Waals surface area contributed by atoms with E-state index in [1.54, 1.807) is 13.8 Å². The molecule has 0 aliphatic heterocycles. The summed E-state index contributed by atoms with van der Waals surface area (Å²) in [5, 5.41) is 11.1. The lowest BCUT2D eigenvalue weighted by Gasteiger charge is -2.22. The van der Waals surface area contributed by atoms with Gasteiger partial charge in [0.2, 0.25) is 5.91 Å². The summed E-state index contributed by atoms with van der Waals surface area (Å²) in [4.78, 5) is 21.3. The molecule has 1 atom stereocenters. The molecule has 0 aromatic rings. The maximum atomic E-state index is 10.7. The predicted molar refractivity (Wildman–Crippen MR) is 52.9 cm³/mol. The molecule has 0 rings (SSSR count). The summed E-state index contributed by atoms with van der Waals surface area (Å²) < 4.78 is -0.411. The second-order valence-electron chi connectivity index (χ2n) is 3.61. The first kappa shape index (κ1) is 12.3. The van der Waals surface area contributed by atoms with Crippen LogP contribution in [0.4, 0.5) is 0 Å². The summed E-state index contributed by atoms with van der Waals surface area (Å²) in [7, 11) is 0. The second-order valence-corrected chi connectivity index (χ2v) is 4.82. The summed E-state index contributed by atoms with van der Waals surface area (Å²) in [6.07, 6.45) is 0.297. The van der Waals surface area contributed by atoms with E-state index in [2.05, 4.69) is 17.9 Å². The maximum absolute atomic E-state index is 10.7. The smallest absolute Gasteiger partial charge is 0.326 e. The Bertz CT molecular complexity index is 210. The number of carboxylic acid groups (broad SMARTS) is 1. The Morgan fingerprint density at radius 1 is 1.54 bits per heavy atom. The van der Waals surface area contributed by atoms with Gasteiger partial charge < -0.3 is 10.4 Å². The van der Waals surface area contributed by atoms with Gasteiger partial charge in [0.25, 0.3) is 0 Å². The molecule has 76 valence electrons. The number of carboxylic acids is 1. The number of hydrogen-bond acceptors (Lipinski definition) is 3. The van der Waals surface area contributed by atoms with Gasteiger partial charge in [0.15, 0.2) is 0 Å². The van der Waals surface area contributed by atoms with Gasteiger partial charge >= 0.3 is 5.97 Å². The van der Waals surface area contributed by atoms with Gasteiger partial charge in [-0.1, -0.05) is 13.8 Å². The molecule has 0 aliphatic rings. The molecule has 0 aromatic heterocycles. The summed E-state index contributed by atoms with van der Waals surface area (Å²) in [6, 6.07) is -0.856. The van der Waals surface area contributed by atoms with E-state index in [0.717, 1.165) is 0 Å². The summed E-state index contributed by atoms with van der Waals surface area (Å²) in [5.41, 5.74) is 0. The molecule has 2 N–H and O–H groups in total. The minimum atomic E-state index is -1.03. The Hall–Kier alpha value is -0.710. The highest BCUT2D eigenvalue weighted by Gasteiger charge is 2.25. The molecule has 0 heterocycles. The molecule has 0 aliphatic carbocycles. The van der Waals surface area contributed by atoms with Crippen molar-refractivity contribution >= 4 is 24.5 Å². The molecule has 0 spiro atoms. The fraction of sp³-hybridized carbons (Fsp3) is 0.750. The first-order valence-corrected chi connectivity index (χ1v) is 4.39. The first-order valence-electron chi connectivity index (χ1n) is 3.94. The van der Waals surface area contributed by atoms with Crippen LogP contribution in [0.15, 0.2) is 0 Å². The molecular formula is C8H15NO3S. The highest BCUT2D eigenvalue weighted by atomic mass is 32.1. The van der Waals surface area contributed by atoms with Crippen LogP contribution in [0.1, 0.15) is 27.2 Å². The molecule has 1 unspecified atom stereocenters. The second kappa shape index (κ2) is 4.50. The molecule has 0 bridgehead atoms. The Kier molecular flexibility index (Phi) is 4.26. The van der Waals surface area contributed by atoms with Crippen molar-refractivity contribution in [3.63, 3.8) is 0 Å². The third-order valence-corrected chi connectivity index (χ3v) is 1.56. The number of aliphatic carboxylic acids is 1. The number of rotatable bonds is 4. The lowest BCUT2D eigenvalue weighted by molar-refractivity contribution is -0.141. The van der Waals surface area contributed by atoms with Crippen LogP contribution in [-0.4, -0.2) is 27.8 Å². The van der Waals surface area contributed by atoms with Gasteiger partial charge in [-0.05, 0) is 6.42 Å². The molecule has 0 fully saturated rings. The molecule has 13 heavy (non-hydrogen) atoms. The van der Waals surface area contributed by atoms with Crippen molar-refractivity contribution in [1.82, 2.24) is 5.32 Å². The van der Waals surface area contributed by atoms with Crippen LogP contribution in [0, 0.1) is 0 Å². The molecule has 0 aromatic carbocycles. The largest absolute Gasteiger partial charge is 0.480 e. The van der Waals surface area contributed by atoms with Crippen LogP contribution in [0.3, 0.4) is 0 Å². The number of nitrogens with one attached hydrogen (secondary N) is 1. The number of thiol groups is 1. The highest BCUT2D eigenvalue weighted by Crippen LogP contribution is 2.19. The van der Waals surface area contributed by atoms with Crippen molar-refractivity contribution in [2.45, 2.75) is 38.0 Å². The Balaban J connectivity index is 4.27. The van der Waals surface area contributed by atoms with Crippen LogP contribution < -0.4 is 5.32 Å². The zero-order valence-corrected chi connectivity index (χ0v) is 8.89. The van der Waals surface area contributed by atoms with E-state index in [0.29, 0.717) is 6.42 Å². The molecule has 0 saturated carbocycles. The van der Waals surface area contributed by atoms with Crippen molar-refractivity contribution in [3.05, 3.63) is 0 Å². The van der Waals surface area contributed by atoms with Crippen LogP contribution in [-0.2, 0) is 9.59 Å². The normalized spacial score (nSPS) is 13.5. The predicted octanol–water partition coefficient (Wildman–Crippen LogP) is 0.674. The number of carbonyl (C=O) groups is 2. The van der Waals surface area contributed by atoms with E-state index in [-0.39, 0.29) is 5.91 Å². The maximum Gasteiger partial charge on any atom is 0.326 e. The third kappa shape index (κ3) is 6.45. The van der Waals surface area contributed by atoms with Crippen molar-refractivity contribution in [1.29, 1.82) is 0 Å². The highest BCUT2D eigenvalue weighted by molar-refractivity contribution is 7.81. The van der Waals surface area contributed by atoms with Crippen molar-refractivity contribution in [2.75, 3.05) is 0 Å². The van der Waals surface area contributed by atoms with Crippen molar-refractivity contribution < 1.29 is 14.7 Å². The van der Waals surface area contributed by atoms with Crippen LogP contribution in [0.25, 0.3) is 0 Å². The monoisotopic (exact) mass is 205 g/mol. The van der Waals surface area contributed by atoms with E-state index in [4.69, 9.17) is 5.11 Å². The summed E-state index contributed by atoms with van der Waals surface area (Å²) in [5.74, 6) is -1.37. The number of amides is 1. The van der Waals surface area contributed by atoms with Gasteiger partial charge in [-0.25, -0.2) is 4.79 Å². The molecule has 0 radical (unpaired) electrons. The van der Waals surface area contributed by atoms with Gasteiger partial charge in [0.05, 0.1) is 0 Å². The van der Waals surface area contributed by atoms with E-state index < -0.39 is 16.8 Å². The molecule has 0 saturated heterocycles. The number of carbonyl (C=O) groups excluding carboxylic acids is 1. The third-order valence-electron chi connectivity index (χ3n) is 1.38. The molecule has 1 amide bonds. The molecule has 4 nitrogen and oxygen atoms in total. The van der Waals surface area contributed by atoms with E-state index in [1.807, 2.05) is 0 Å². The van der Waals surface area contributed by atoms with Crippen molar-refractivity contribution in [2.24, 2.45) is 0 Å². The van der Waals surface area contributed by atoms with Gasteiger partial charge in [-0.3, -0.25) is 4.79 Å². The molecule has 5 heteroatoms. The summed E-state index contributed by atoms with van der Waals surface area (Å²) in [6.45, 7) is 4.89. The zero-order valence-electron chi connectivity index (χ0n) is 8.00. The topological polar surface area (TPSA) is 66.4 Å². The quantitative estimate of drug-likeness (QED) is 0.591. The number of hydrogen-bond donors (Lipinski definition) is 3.